The highest BCUT2D eigenvalue weighted by molar-refractivity contribution is 6.31. The zero-order chi connectivity index (χ0) is 25.3. The Labute approximate surface area is 213 Å². The summed E-state index contributed by atoms with van der Waals surface area (Å²) in [6, 6.07) is 1.12. The van der Waals surface area contributed by atoms with Gasteiger partial charge >= 0.3 is 0 Å². The molecule has 0 aromatic carbocycles. The second-order valence-electron chi connectivity index (χ2n) is 9.45. The normalized spacial score (nSPS) is 21.3. The molecule has 0 saturated carbocycles. The molecule has 2 heterocycles. The molecule has 1 atom stereocenters. The van der Waals surface area contributed by atoms with E-state index in [1.165, 1.54) is 24.0 Å². The summed E-state index contributed by atoms with van der Waals surface area (Å²) in [4.78, 5) is 7.74. The first-order valence-corrected chi connectivity index (χ1v) is 12.9. The van der Waals surface area contributed by atoms with Gasteiger partial charge in [-0.15, -0.1) is 5.73 Å². The van der Waals surface area contributed by atoms with E-state index >= 15 is 0 Å². The molecule has 0 aromatic heterocycles. The van der Waals surface area contributed by atoms with E-state index in [4.69, 9.17) is 11.6 Å². The minimum atomic E-state index is 0.433. The van der Waals surface area contributed by atoms with Gasteiger partial charge in [-0.2, -0.15) is 0 Å². The van der Waals surface area contributed by atoms with Crippen LogP contribution in [-0.4, -0.2) is 66.1 Å². The highest BCUT2D eigenvalue weighted by atomic mass is 35.5. The van der Waals surface area contributed by atoms with Crippen LogP contribution in [0.25, 0.3) is 0 Å². The van der Waals surface area contributed by atoms with Crippen LogP contribution in [0, 0.1) is 0 Å². The maximum atomic E-state index is 6.06. The third-order valence-corrected chi connectivity index (χ3v) is 7.74. The van der Waals surface area contributed by atoms with Gasteiger partial charge in [0.25, 0.3) is 0 Å². The molecule has 0 spiro atoms. The van der Waals surface area contributed by atoms with Crippen molar-refractivity contribution in [3.8, 4) is 0 Å². The number of piperidine rings is 1. The molecule has 2 rings (SSSR count). The summed E-state index contributed by atoms with van der Waals surface area (Å²) in [6.45, 7) is 29.2. The Bertz CT molecular complexity index is 897. The van der Waals surface area contributed by atoms with Gasteiger partial charge in [0.15, 0.2) is 0 Å². The number of hydrogen-bond donors (Lipinski definition) is 0. The summed E-state index contributed by atoms with van der Waals surface area (Å²) in [7, 11) is 0. The molecule has 0 N–H and O–H groups in total. The van der Waals surface area contributed by atoms with Gasteiger partial charge in [-0.1, -0.05) is 55.1 Å². The Morgan fingerprint density at radius 2 is 1.65 bits per heavy atom. The summed E-state index contributed by atoms with van der Waals surface area (Å²) in [5.41, 5.74) is 8.92. The number of nitrogens with zero attached hydrogens (tertiary/aromatic N) is 3. The SMILES string of the molecule is C=C=C(C)C(/C=C(/C)C(=C)N1CCN(C2CCN(C(C)/C(C)=C/C=C(/Cl)C=C)CC2)CC1)=C/C. The first-order valence-electron chi connectivity index (χ1n) is 12.5. The maximum Gasteiger partial charge on any atom is 0.0400 e. The molecule has 186 valence electrons. The molecule has 2 aliphatic heterocycles. The molecular weight excluding hydrogens is 438 g/mol. The topological polar surface area (TPSA) is 9.72 Å². The van der Waals surface area contributed by atoms with E-state index in [1.807, 2.05) is 13.0 Å². The lowest BCUT2D eigenvalue weighted by molar-refractivity contribution is 0.0637. The van der Waals surface area contributed by atoms with Crippen LogP contribution < -0.4 is 0 Å². The second kappa shape index (κ2) is 13.8. The van der Waals surface area contributed by atoms with Gasteiger partial charge in [-0.25, -0.2) is 0 Å². The average Bonchev–Trinajstić information content (AvgIpc) is 2.88. The molecular formula is C30H44ClN3. The third-order valence-electron chi connectivity index (χ3n) is 7.45. The van der Waals surface area contributed by atoms with E-state index in [9.17, 15) is 0 Å². The number of halogens is 1. The fourth-order valence-corrected chi connectivity index (χ4v) is 4.84. The molecule has 0 radical (unpaired) electrons. The third kappa shape index (κ3) is 7.75. The molecule has 4 heteroatoms. The first-order chi connectivity index (χ1) is 16.2. The van der Waals surface area contributed by atoms with Gasteiger partial charge in [-0.05, 0) is 76.3 Å². The van der Waals surface area contributed by atoms with Crippen molar-refractivity contribution in [3.63, 3.8) is 0 Å². The van der Waals surface area contributed by atoms with E-state index in [-0.39, 0.29) is 0 Å². The largest absolute Gasteiger partial charge is 0.369 e. The first kappa shape index (κ1) is 28.2. The molecule has 34 heavy (non-hydrogen) atoms. The summed E-state index contributed by atoms with van der Waals surface area (Å²) in [6.07, 6.45) is 12.5. The Morgan fingerprint density at radius 1 is 1.03 bits per heavy atom. The van der Waals surface area contributed by atoms with Gasteiger partial charge in [-0.3, -0.25) is 9.80 Å². The summed E-state index contributed by atoms with van der Waals surface area (Å²) in [5, 5.41) is 0.684. The van der Waals surface area contributed by atoms with E-state index < -0.39 is 0 Å². The van der Waals surface area contributed by atoms with Crippen molar-refractivity contribution >= 4 is 11.6 Å². The van der Waals surface area contributed by atoms with Crippen LogP contribution >= 0.6 is 11.6 Å². The van der Waals surface area contributed by atoms with Gasteiger partial charge in [0.2, 0.25) is 0 Å². The average molecular weight is 482 g/mol. The van der Waals surface area contributed by atoms with E-state index in [0.29, 0.717) is 17.1 Å². The van der Waals surface area contributed by atoms with Crippen molar-refractivity contribution in [2.45, 2.75) is 59.5 Å². The summed E-state index contributed by atoms with van der Waals surface area (Å²) in [5.74, 6) is 0. The van der Waals surface area contributed by atoms with Crippen molar-refractivity contribution in [2.24, 2.45) is 0 Å². The monoisotopic (exact) mass is 481 g/mol. The standard InChI is InChI=1S/C30H44ClN3/c1-9-23(4)28(10-2)22-25(6)27(8)33-18-20-34(21-19-33)30-14-16-32(17-15-30)26(7)24(5)12-13-29(31)11-3/h10-13,22,26,30H,1,3,8,14-21H2,2,4-7H3/b24-12+,25-22-,28-10+,29-13+. The van der Waals surface area contributed by atoms with Gasteiger partial charge < -0.3 is 4.90 Å². The smallest absolute Gasteiger partial charge is 0.0400 e. The fourth-order valence-electron chi connectivity index (χ4n) is 4.78. The quantitative estimate of drug-likeness (QED) is 0.263. The lowest BCUT2D eigenvalue weighted by atomic mass is 9.98. The number of piperazine rings is 1. The molecule has 0 bridgehead atoms. The Hall–Kier alpha value is -2.03. The van der Waals surface area contributed by atoms with E-state index in [2.05, 4.69) is 86.1 Å². The number of allylic oxidation sites excluding steroid dienone is 9. The zero-order valence-electron chi connectivity index (χ0n) is 22.0. The van der Waals surface area contributed by atoms with Gasteiger partial charge in [0.1, 0.15) is 0 Å². The predicted molar refractivity (Wildman–Crippen MR) is 150 cm³/mol. The van der Waals surface area contributed by atoms with Crippen molar-refractivity contribution in [1.29, 1.82) is 0 Å². The molecule has 2 aliphatic rings. The summed E-state index contributed by atoms with van der Waals surface area (Å²) >= 11 is 6.06. The Kier molecular flexibility index (Phi) is 11.4. The van der Waals surface area contributed by atoms with Crippen LogP contribution in [0.1, 0.15) is 47.5 Å². The van der Waals surface area contributed by atoms with Crippen molar-refractivity contribution in [2.75, 3.05) is 39.3 Å². The molecule has 0 amide bonds. The van der Waals surface area contributed by atoms with Gasteiger partial charge in [0, 0.05) is 62.1 Å². The highest BCUT2D eigenvalue weighted by Crippen LogP contribution is 2.24. The van der Waals surface area contributed by atoms with Crippen LogP contribution in [0.3, 0.4) is 0 Å². The van der Waals surface area contributed by atoms with E-state index in [0.717, 1.165) is 56.1 Å². The molecule has 2 saturated heterocycles. The maximum absolute atomic E-state index is 6.06. The molecule has 0 aliphatic carbocycles. The van der Waals surface area contributed by atoms with Crippen LogP contribution in [-0.2, 0) is 0 Å². The van der Waals surface area contributed by atoms with Crippen molar-refractivity contribution in [3.05, 3.63) is 88.9 Å². The van der Waals surface area contributed by atoms with Crippen LogP contribution in [0.5, 0.6) is 0 Å². The molecule has 3 nitrogen and oxygen atoms in total. The van der Waals surface area contributed by atoms with Crippen molar-refractivity contribution < 1.29 is 0 Å². The second-order valence-corrected chi connectivity index (χ2v) is 9.89. The Balaban J connectivity index is 1.86. The van der Waals surface area contributed by atoms with E-state index in [1.54, 1.807) is 6.08 Å². The number of rotatable bonds is 9. The molecule has 0 aromatic rings. The lowest BCUT2D eigenvalue weighted by Gasteiger charge is -2.45. The Morgan fingerprint density at radius 3 is 2.18 bits per heavy atom. The summed E-state index contributed by atoms with van der Waals surface area (Å²) < 4.78 is 0. The molecule has 2 fully saturated rings. The van der Waals surface area contributed by atoms with Crippen LogP contribution in [0.2, 0.25) is 0 Å². The van der Waals surface area contributed by atoms with Crippen LogP contribution in [0.15, 0.2) is 88.9 Å². The predicted octanol–water partition coefficient (Wildman–Crippen LogP) is 6.85. The minimum absolute atomic E-state index is 0.433. The lowest BCUT2D eigenvalue weighted by Crippen LogP contribution is -2.53. The number of likely N-dealkylation sites (tertiary alicyclic amines) is 1. The van der Waals surface area contributed by atoms with Crippen molar-refractivity contribution in [1.82, 2.24) is 14.7 Å². The molecule has 1 unspecified atom stereocenters. The number of hydrogen-bond acceptors (Lipinski definition) is 3. The fraction of sp³-hybridized carbons (Fsp3) is 0.500. The highest BCUT2D eigenvalue weighted by Gasteiger charge is 2.29. The van der Waals surface area contributed by atoms with Gasteiger partial charge in [0.05, 0.1) is 0 Å². The minimum Gasteiger partial charge on any atom is -0.369 e. The van der Waals surface area contributed by atoms with Crippen LogP contribution in [0.4, 0.5) is 0 Å². The zero-order valence-corrected chi connectivity index (χ0v) is 22.8.